The number of hydrogen-bond acceptors (Lipinski definition) is 3. The van der Waals surface area contributed by atoms with Crippen molar-refractivity contribution in [3.8, 4) is 0 Å². The normalized spacial score (nSPS) is 18.4. The summed E-state index contributed by atoms with van der Waals surface area (Å²) < 4.78 is 0. The first-order valence-electron chi connectivity index (χ1n) is 6.36. The molecule has 1 atom stereocenters. The number of carbonyl (C=O) groups is 1. The zero-order chi connectivity index (χ0) is 14.1. The molecule has 0 saturated carbocycles. The standard InChI is InChI=1S/C14H13ClN2O2S/c15-11-3-1-9(2-4-11)10-5-6-17(7-10)13(18)12-8-20-14(19)16-12/h1-4,8,10H,5-7H2,(H,16,19). The van der Waals surface area contributed by atoms with Crippen molar-refractivity contribution in [2.45, 2.75) is 12.3 Å². The molecule has 1 amide bonds. The number of H-pyrrole nitrogens is 1. The number of halogens is 1. The van der Waals surface area contributed by atoms with E-state index in [0.29, 0.717) is 24.7 Å². The Labute approximate surface area is 125 Å². The maximum absolute atomic E-state index is 12.2. The fourth-order valence-electron chi connectivity index (χ4n) is 2.51. The first-order valence-corrected chi connectivity index (χ1v) is 7.62. The average Bonchev–Trinajstić information content (AvgIpc) is 3.08. The van der Waals surface area contributed by atoms with Gasteiger partial charge >= 0.3 is 4.87 Å². The molecule has 0 bridgehead atoms. The molecule has 1 saturated heterocycles. The Hall–Kier alpha value is -1.59. The van der Waals surface area contributed by atoms with Crippen LogP contribution in [0.4, 0.5) is 0 Å². The summed E-state index contributed by atoms with van der Waals surface area (Å²) in [4.78, 5) is 27.5. The van der Waals surface area contributed by atoms with Crippen molar-refractivity contribution in [1.29, 1.82) is 0 Å². The summed E-state index contributed by atoms with van der Waals surface area (Å²) in [5.74, 6) is 0.237. The minimum Gasteiger partial charge on any atom is -0.337 e. The van der Waals surface area contributed by atoms with E-state index in [-0.39, 0.29) is 10.8 Å². The molecule has 3 rings (SSSR count). The van der Waals surface area contributed by atoms with Crippen LogP contribution in [-0.2, 0) is 0 Å². The smallest absolute Gasteiger partial charge is 0.305 e. The number of likely N-dealkylation sites (tertiary alicyclic amines) is 1. The van der Waals surface area contributed by atoms with Gasteiger partial charge in [-0.05, 0) is 24.1 Å². The molecule has 1 N–H and O–H groups in total. The second-order valence-corrected chi connectivity index (χ2v) is 6.13. The van der Waals surface area contributed by atoms with E-state index >= 15 is 0 Å². The van der Waals surface area contributed by atoms with E-state index in [2.05, 4.69) is 4.98 Å². The van der Waals surface area contributed by atoms with Crippen LogP contribution in [0.5, 0.6) is 0 Å². The van der Waals surface area contributed by atoms with E-state index in [1.54, 1.807) is 10.3 Å². The Morgan fingerprint density at radius 1 is 1.35 bits per heavy atom. The van der Waals surface area contributed by atoms with E-state index < -0.39 is 0 Å². The number of aromatic nitrogens is 1. The van der Waals surface area contributed by atoms with Crippen molar-refractivity contribution in [3.63, 3.8) is 0 Å². The quantitative estimate of drug-likeness (QED) is 0.927. The zero-order valence-electron chi connectivity index (χ0n) is 10.6. The Morgan fingerprint density at radius 3 is 2.75 bits per heavy atom. The summed E-state index contributed by atoms with van der Waals surface area (Å²) in [5, 5.41) is 2.30. The van der Waals surface area contributed by atoms with Crippen molar-refractivity contribution >= 4 is 28.8 Å². The highest BCUT2D eigenvalue weighted by Crippen LogP contribution is 2.28. The molecule has 4 nitrogen and oxygen atoms in total. The Morgan fingerprint density at radius 2 is 2.10 bits per heavy atom. The third-order valence-electron chi connectivity index (χ3n) is 3.57. The van der Waals surface area contributed by atoms with E-state index in [4.69, 9.17) is 11.6 Å². The van der Waals surface area contributed by atoms with E-state index in [0.717, 1.165) is 22.8 Å². The van der Waals surface area contributed by atoms with Crippen LogP contribution < -0.4 is 4.87 Å². The van der Waals surface area contributed by atoms with Crippen molar-refractivity contribution in [2.75, 3.05) is 13.1 Å². The van der Waals surface area contributed by atoms with E-state index in [1.807, 2.05) is 24.3 Å². The molecule has 1 unspecified atom stereocenters. The van der Waals surface area contributed by atoms with Crippen molar-refractivity contribution in [2.24, 2.45) is 0 Å². The van der Waals surface area contributed by atoms with Crippen LogP contribution in [0.15, 0.2) is 34.4 Å². The third-order valence-corrected chi connectivity index (χ3v) is 4.49. The molecular weight excluding hydrogens is 296 g/mol. The summed E-state index contributed by atoms with van der Waals surface area (Å²) in [6.45, 7) is 1.39. The van der Waals surface area contributed by atoms with Gasteiger partial charge in [-0.3, -0.25) is 9.59 Å². The number of hydrogen-bond donors (Lipinski definition) is 1. The maximum atomic E-state index is 12.2. The number of carbonyl (C=O) groups excluding carboxylic acids is 1. The fourth-order valence-corrected chi connectivity index (χ4v) is 3.19. The number of rotatable bonds is 2. The molecule has 0 aliphatic carbocycles. The molecule has 2 aromatic rings. The van der Waals surface area contributed by atoms with Crippen molar-refractivity contribution in [1.82, 2.24) is 9.88 Å². The summed E-state index contributed by atoms with van der Waals surface area (Å²) >= 11 is 6.90. The molecule has 0 radical (unpaired) electrons. The number of nitrogens with zero attached hydrogens (tertiary/aromatic N) is 1. The lowest BCUT2D eigenvalue weighted by molar-refractivity contribution is 0.0785. The molecule has 104 valence electrons. The van der Waals surface area contributed by atoms with Gasteiger partial charge in [0.1, 0.15) is 5.69 Å². The molecule has 1 aromatic carbocycles. The van der Waals surface area contributed by atoms with Gasteiger partial charge in [0, 0.05) is 29.4 Å². The first-order chi connectivity index (χ1) is 9.63. The van der Waals surface area contributed by atoms with Gasteiger partial charge in [-0.2, -0.15) is 0 Å². The molecular formula is C14H13ClN2O2S. The van der Waals surface area contributed by atoms with Gasteiger partial charge in [-0.15, -0.1) is 0 Å². The van der Waals surface area contributed by atoms with Gasteiger partial charge in [-0.25, -0.2) is 0 Å². The molecule has 0 spiro atoms. The third kappa shape index (κ3) is 2.64. The van der Waals surface area contributed by atoms with Crippen LogP contribution in [0.3, 0.4) is 0 Å². The summed E-state index contributed by atoms with van der Waals surface area (Å²) in [6.07, 6.45) is 0.932. The molecule has 1 aromatic heterocycles. The summed E-state index contributed by atoms with van der Waals surface area (Å²) in [7, 11) is 0. The van der Waals surface area contributed by atoms with Crippen LogP contribution >= 0.6 is 22.9 Å². The minimum atomic E-state index is -0.193. The predicted octanol–water partition coefficient (Wildman–Crippen LogP) is 2.72. The van der Waals surface area contributed by atoms with E-state index in [1.165, 1.54) is 5.56 Å². The SMILES string of the molecule is O=C(c1csc(=O)[nH]1)N1CCC(c2ccc(Cl)cc2)C1. The predicted molar refractivity (Wildman–Crippen MR) is 79.7 cm³/mol. The van der Waals surface area contributed by atoms with Crippen LogP contribution in [0, 0.1) is 0 Å². The van der Waals surface area contributed by atoms with Gasteiger partial charge < -0.3 is 9.88 Å². The van der Waals surface area contributed by atoms with Crippen LogP contribution in [0.25, 0.3) is 0 Å². The van der Waals surface area contributed by atoms with Gasteiger partial charge in [0.2, 0.25) is 0 Å². The maximum Gasteiger partial charge on any atom is 0.305 e. The first kappa shape index (κ1) is 13.4. The average molecular weight is 309 g/mol. The summed E-state index contributed by atoms with van der Waals surface area (Å²) in [5.41, 5.74) is 1.58. The molecule has 1 aliphatic heterocycles. The highest BCUT2D eigenvalue weighted by atomic mass is 35.5. The Balaban J connectivity index is 1.72. The largest absolute Gasteiger partial charge is 0.337 e. The molecule has 1 aliphatic rings. The molecule has 2 heterocycles. The molecule has 20 heavy (non-hydrogen) atoms. The summed E-state index contributed by atoms with van der Waals surface area (Å²) in [6, 6.07) is 7.76. The van der Waals surface area contributed by atoms with Gasteiger partial charge in [0.25, 0.3) is 5.91 Å². The van der Waals surface area contributed by atoms with E-state index in [9.17, 15) is 9.59 Å². The van der Waals surface area contributed by atoms with Crippen LogP contribution in [-0.4, -0.2) is 28.9 Å². The highest BCUT2D eigenvalue weighted by molar-refractivity contribution is 7.07. The fraction of sp³-hybridized carbons (Fsp3) is 0.286. The Bertz CT molecular complexity index is 677. The lowest BCUT2D eigenvalue weighted by Gasteiger charge is -2.15. The lowest BCUT2D eigenvalue weighted by Crippen LogP contribution is -2.29. The number of aromatic amines is 1. The topological polar surface area (TPSA) is 53.2 Å². The van der Waals surface area contributed by atoms with Gasteiger partial charge in [-0.1, -0.05) is 35.1 Å². The second-order valence-electron chi connectivity index (χ2n) is 4.85. The highest BCUT2D eigenvalue weighted by Gasteiger charge is 2.28. The Kier molecular flexibility index (Phi) is 3.63. The number of thiazole rings is 1. The van der Waals surface area contributed by atoms with Crippen LogP contribution in [0.2, 0.25) is 5.02 Å². The molecule has 1 fully saturated rings. The number of benzene rings is 1. The lowest BCUT2D eigenvalue weighted by atomic mass is 9.99. The minimum absolute atomic E-state index is 0.0974. The van der Waals surface area contributed by atoms with Crippen LogP contribution in [0.1, 0.15) is 28.4 Å². The van der Waals surface area contributed by atoms with Crippen molar-refractivity contribution < 1.29 is 4.79 Å². The van der Waals surface area contributed by atoms with Gasteiger partial charge in [0.05, 0.1) is 0 Å². The second kappa shape index (κ2) is 5.42. The monoisotopic (exact) mass is 308 g/mol. The number of amides is 1. The number of nitrogens with one attached hydrogen (secondary N) is 1. The van der Waals surface area contributed by atoms with Crippen molar-refractivity contribution in [3.05, 3.63) is 55.6 Å². The zero-order valence-corrected chi connectivity index (χ0v) is 12.2. The molecule has 6 heteroatoms. The van der Waals surface area contributed by atoms with Gasteiger partial charge in [0.15, 0.2) is 0 Å².